The molecule has 0 radical (unpaired) electrons. The van der Waals surface area contributed by atoms with Gasteiger partial charge in [-0.05, 0) is 30.2 Å². The Balaban J connectivity index is 1.54. The van der Waals surface area contributed by atoms with Crippen LogP contribution in [0.15, 0.2) is 53.1 Å². The molecule has 1 N–H and O–H groups in total. The van der Waals surface area contributed by atoms with E-state index in [1.54, 1.807) is 36.2 Å². The lowest BCUT2D eigenvalue weighted by molar-refractivity contribution is 0.632. The topological polar surface area (TPSA) is 50.7 Å². The van der Waals surface area contributed by atoms with Gasteiger partial charge in [0, 0.05) is 18.1 Å². The number of aromatic nitrogens is 3. The number of thioether (sulfide) groups is 1. The first-order chi connectivity index (χ1) is 10.8. The summed E-state index contributed by atoms with van der Waals surface area (Å²) in [5, 5.41) is 11.7. The van der Waals surface area contributed by atoms with E-state index in [0.29, 0.717) is 10.8 Å². The first-order valence-electron chi connectivity index (χ1n) is 6.68. The Labute approximate surface area is 135 Å². The number of hydrogen-bond donors (Lipinski definition) is 1. The number of pyridine rings is 1. The Bertz CT molecular complexity index is 733. The van der Waals surface area contributed by atoms with Crippen molar-refractivity contribution < 1.29 is 4.39 Å². The molecule has 0 spiro atoms. The third-order valence-electron chi connectivity index (χ3n) is 2.86. The number of anilines is 2. The monoisotopic (exact) mass is 332 g/mol. The number of aryl methyl sites for hydroxylation is 1. The minimum atomic E-state index is -0.302. The predicted octanol–water partition coefficient (Wildman–Crippen LogP) is 4.15. The van der Waals surface area contributed by atoms with Crippen LogP contribution in [-0.2, 0) is 6.42 Å². The van der Waals surface area contributed by atoms with Crippen molar-refractivity contribution in [3.63, 3.8) is 0 Å². The van der Waals surface area contributed by atoms with Crippen molar-refractivity contribution >= 4 is 33.9 Å². The summed E-state index contributed by atoms with van der Waals surface area (Å²) in [5.74, 6) is 0.600. The maximum absolute atomic E-state index is 13.6. The molecule has 7 heteroatoms. The molecule has 0 amide bonds. The molecule has 2 heterocycles. The van der Waals surface area contributed by atoms with Gasteiger partial charge < -0.3 is 5.32 Å². The van der Waals surface area contributed by atoms with Crippen LogP contribution in [0.3, 0.4) is 0 Å². The fraction of sp³-hybridized carbons (Fsp3) is 0.133. The summed E-state index contributed by atoms with van der Waals surface area (Å²) in [6.45, 7) is 0. The van der Waals surface area contributed by atoms with Gasteiger partial charge >= 0.3 is 0 Å². The maximum atomic E-state index is 13.6. The lowest BCUT2D eigenvalue weighted by Crippen LogP contribution is -1.92. The van der Waals surface area contributed by atoms with Crippen molar-refractivity contribution in [2.24, 2.45) is 0 Å². The highest BCUT2D eigenvalue weighted by molar-refractivity contribution is 8.01. The van der Waals surface area contributed by atoms with Crippen LogP contribution in [0.1, 0.15) is 5.56 Å². The molecular formula is C15H13FN4S2. The zero-order chi connectivity index (χ0) is 15.2. The van der Waals surface area contributed by atoms with E-state index in [9.17, 15) is 4.39 Å². The second kappa shape index (κ2) is 7.33. The minimum Gasteiger partial charge on any atom is -0.328 e. The van der Waals surface area contributed by atoms with Crippen LogP contribution >= 0.6 is 23.1 Å². The van der Waals surface area contributed by atoms with Gasteiger partial charge in [0.25, 0.3) is 0 Å². The van der Waals surface area contributed by atoms with E-state index >= 15 is 0 Å². The second-order valence-electron chi connectivity index (χ2n) is 4.44. The normalized spacial score (nSPS) is 10.6. The summed E-state index contributed by atoms with van der Waals surface area (Å²) < 4.78 is 14.4. The molecule has 3 aromatic rings. The second-order valence-corrected chi connectivity index (χ2v) is 6.76. The molecule has 0 aliphatic rings. The Morgan fingerprint density at radius 3 is 2.86 bits per heavy atom. The van der Waals surface area contributed by atoms with Gasteiger partial charge in [0.15, 0.2) is 4.34 Å². The van der Waals surface area contributed by atoms with Crippen molar-refractivity contribution in [3.8, 4) is 0 Å². The Hall–Kier alpha value is -1.99. The first kappa shape index (κ1) is 14.9. The lowest BCUT2D eigenvalue weighted by Gasteiger charge is -2.01. The zero-order valence-electron chi connectivity index (χ0n) is 11.6. The van der Waals surface area contributed by atoms with Gasteiger partial charge in [0.05, 0.1) is 5.69 Å². The SMILES string of the molecule is Fc1ccccc1Nc1nnc(SCCc2cccnc2)s1. The molecule has 3 rings (SSSR count). The molecule has 0 fully saturated rings. The van der Waals surface area contributed by atoms with E-state index in [4.69, 9.17) is 0 Å². The fourth-order valence-corrected chi connectivity index (χ4v) is 3.62. The average molecular weight is 332 g/mol. The summed E-state index contributed by atoms with van der Waals surface area (Å²) >= 11 is 3.05. The number of hydrogen-bond acceptors (Lipinski definition) is 6. The van der Waals surface area contributed by atoms with Crippen molar-refractivity contribution in [1.82, 2.24) is 15.2 Å². The quantitative estimate of drug-likeness (QED) is 0.687. The van der Waals surface area contributed by atoms with Crippen molar-refractivity contribution in [2.45, 2.75) is 10.8 Å². The molecule has 22 heavy (non-hydrogen) atoms. The first-order valence-corrected chi connectivity index (χ1v) is 8.48. The highest BCUT2D eigenvalue weighted by Gasteiger charge is 2.07. The molecule has 0 bridgehead atoms. The molecule has 0 aliphatic heterocycles. The number of nitrogens with zero attached hydrogens (tertiary/aromatic N) is 3. The highest BCUT2D eigenvalue weighted by atomic mass is 32.2. The van der Waals surface area contributed by atoms with Crippen LogP contribution in [0.5, 0.6) is 0 Å². The molecule has 1 aromatic carbocycles. The van der Waals surface area contributed by atoms with Gasteiger partial charge in [-0.1, -0.05) is 41.3 Å². The number of para-hydroxylation sites is 1. The van der Waals surface area contributed by atoms with Crippen LogP contribution < -0.4 is 5.32 Å². The van der Waals surface area contributed by atoms with Crippen LogP contribution in [0.25, 0.3) is 0 Å². The fourth-order valence-electron chi connectivity index (χ4n) is 1.80. The number of nitrogens with one attached hydrogen (secondary N) is 1. The van der Waals surface area contributed by atoms with Crippen molar-refractivity contribution in [3.05, 3.63) is 60.2 Å². The molecule has 0 unspecified atom stereocenters. The van der Waals surface area contributed by atoms with E-state index in [0.717, 1.165) is 16.5 Å². The van der Waals surface area contributed by atoms with E-state index in [1.165, 1.54) is 23.0 Å². The zero-order valence-corrected chi connectivity index (χ0v) is 13.2. The Kier molecular flexibility index (Phi) is 4.97. The summed E-state index contributed by atoms with van der Waals surface area (Å²) in [5.41, 5.74) is 1.61. The van der Waals surface area contributed by atoms with Crippen molar-refractivity contribution in [2.75, 3.05) is 11.1 Å². The van der Waals surface area contributed by atoms with Crippen LogP contribution in [0.2, 0.25) is 0 Å². The summed E-state index contributed by atoms with van der Waals surface area (Å²) in [4.78, 5) is 4.09. The smallest absolute Gasteiger partial charge is 0.210 e. The molecule has 0 saturated carbocycles. The Morgan fingerprint density at radius 2 is 2.05 bits per heavy atom. The third-order valence-corrected chi connectivity index (χ3v) is 4.83. The molecule has 4 nitrogen and oxygen atoms in total. The maximum Gasteiger partial charge on any atom is 0.210 e. The van der Waals surface area contributed by atoms with Gasteiger partial charge in [-0.2, -0.15) is 0 Å². The molecule has 2 aromatic heterocycles. The van der Waals surface area contributed by atoms with Crippen LogP contribution in [-0.4, -0.2) is 20.9 Å². The van der Waals surface area contributed by atoms with Gasteiger partial charge in [-0.15, -0.1) is 10.2 Å². The average Bonchev–Trinajstić information content (AvgIpc) is 2.98. The minimum absolute atomic E-state index is 0.302. The number of benzene rings is 1. The van der Waals surface area contributed by atoms with E-state index in [-0.39, 0.29) is 5.82 Å². The summed E-state index contributed by atoms with van der Waals surface area (Å²) in [7, 11) is 0. The molecule has 0 atom stereocenters. The van der Waals surface area contributed by atoms with Gasteiger partial charge in [-0.3, -0.25) is 4.98 Å². The van der Waals surface area contributed by atoms with E-state index in [1.807, 2.05) is 12.3 Å². The summed E-state index contributed by atoms with van der Waals surface area (Å²) in [6, 6.07) is 10.5. The lowest BCUT2D eigenvalue weighted by atomic mass is 10.2. The van der Waals surface area contributed by atoms with Gasteiger partial charge in [0.1, 0.15) is 5.82 Å². The molecule has 0 aliphatic carbocycles. The molecular weight excluding hydrogens is 319 g/mol. The molecule has 112 valence electrons. The highest BCUT2D eigenvalue weighted by Crippen LogP contribution is 2.28. The number of halogens is 1. The van der Waals surface area contributed by atoms with Crippen LogP contribution in [0.4, 0.5) is 15.2 Å². The standard InChI is InChI=1S/C15H13FN4S2/c16-12-5-1-2-6-13(12)18-14-19-20-15(22-14)21-9-7-11-4-3-8-17-10-11/h1-6,8,10H,7,9H2,(H,18,19). The van der Waals surface area contributed by atoms with Gasteiger partial charge in [0.2, 0.25) is 5.13 Å². The number of rotatable bonds is 6. The van der Waals surface area contributed by atoms with E-state index in [2.05, 4.69) is 26.6 Å². The predicted molar refractivity (Wildman–Crippen MR) is 88.3 cm³/mol. The van der Waals surface area contributed by atoms with E-state index < -0.39 is 0 Å². The Morgan fingerprint density at radius 1 is 1.14 bits per heavy atom. The molecule has 0 saturated heterocycles. The van der Waals surface area contributed by atoms with Crippen molar-refractivity contribution in [1.29, 1.82) is 0 Å². The summed E-state index contributed by atoms with van der Waals surface area (Å²) in [6.07, 6.45) is 4.56. The third kappa shape index (κ3) is 4.02. The van der Waals surface area contributed by atoms with Crippen LogP contribution in [0, 0.1) is 5.82 Å². The largest absolute Gasteiger partial charge is 0.328 e. The van der Waals surface area contributed by atoms with Gasteiger partial charge in [-0.25, -0.2) is 4.39 Å².